The fraction of sp³-hybridized carbons (Fsp3) is 0.304. The van der Waals surface area contributed by atoms with Crippen LogP contribution in [0.4, 0.5) is 0 Å². The minimum atomic E-state index is -0.608. The van der Waals surface area contributed by atoms with Crippen molar-refractivity contribution in [1.29, 1.82) is 0 Å². The maximum atomic E-state index is 12.6. The summed E-state index contributed by atoms with van der Waals surface area (Å²) in [6, 6.07) is 12.9. The average molecular weight is 364 g/mol. The first kappa shape index (κ1) is 18.9. The van der Waals surface area contributed by atoms with E-state index < -0.39 is 5.41 Å². The molecule has 0 amide bonds. The van der Waals surface area contributed by atoms with Crippen LogP contribution < -0.4 is 9.47 Å². The summed E-state index contributed by atoms with van der Waals surface area (Å²) in [6.45, 7) is 9.63. The molecule has 0 saturated carbocycles. The van der Waals surface area contributed by atoms with Gasteiger partial charge in [0.25, 0.3) is 0 Å². The van der Waals surface area contributed by atoms with E-state index in [1.165, 1.54) is 5.56 Å². The Balaban J connectivity index is 1.81. The molecule has 3 rings (SSSR count). The van der Waals surface area contributed by atoms with E-state index in [9.17, 15) is 9.59 Å². The average Bonchev–Trinajstić information content (AvgIpc) is 2.90. The molecule has 0 spiro atoms. The van der Waals surface area contributed by atoms with E-state index in [0.29, 0.717) is 23.0 Å². The van der Waals surface area contributed by atoms with Gasteiger partial charge < -0.3 is 9.47 Å². The van der Waals surface area contributed by atoms with Crippen LogP contribution in [0.1, 0.15) is 62.0 Å². The number of carbonyl (C=O) groups is 2. The number of ketones is 1. The predicted molar refractivity (Wildman–Crippen MR) is 105 cm³/mol. The molecule has 0 fully saturated rings. The second-order valence-electron chi connectivity index (χ2n) is 8.06. The Labute approximate surface area is 159 Å². The van der Waals surface area contributed by atoms with Crippen LogP contribution >= 0.6 is 0 Å². The van der Waals surface area contributed by atoms with Crippen molar-refractivity contribution < 1.29 is 19.1 Å². The van der Waals surface area contributed by atoms with Crippen LogP contribution in [-0.4, -0.2) is 11.8 Å². The van der Waals surface area contributed by atoms with Gasteiger partial charge in [0.05, 0.1) is 11.0 Å². The van der Waals surface area contributed by atoms with Gasteiger partial charge in [-0.05, 0) is 56.0 Å². The van der Waals surface area contributed by atoms with E-state index in [4.69, 9.17) is 9.47 Å². The highest BCUT2D eigenvalue weighted by atomic mass is 16.5. The molecule has 1 heterocycles. The highest BCUT2D eigenvalue weighted by Gasteiger charge is 2.29. The Hall–Kier alpha value is -2.88. The zero-order chi connectivity index (χ0) is 19.8. The van der Waals surface area contributed by atoms with Crippen molar-refractivity contribution >= 4 is 17.8 Å². The van der Waals surface area contributed by atoms with Crippen molar-refractivity contribution in [1.82, 2.24) is 0 Å². The number of rotatable bonds is 3. The fourth-order valence-corrected chi connectivity index (χ4v) is 2.62. The molecule has 140 valence electrons. The monoisotopic (exact) mass is 364 g/mol. The molecule has 0 saturated heterocycles. The van der Waals surface area contributed by atoms with Crippen LogP contribution in [0.3, 0.4) is 0 Å². The SMILES string of the molecule is CC(C)c1ccc(/C=C2\Oc3cc(OC(=O)C(C)(C)C)ccc3C2=O)cc1. The summed E-state index contributed by atoms with van der Waals surface area (Å²) in [5.41, 5.74) is 2.00. The van der Waals surface area contributed by atoms with Gasteiger partial charge in [-0.3, -0.25) is 9.59 Å². The van der Waals surface area contributed by atoms with Crippen LogP contribution in [0.2, 0.25) is 0 Å². The Morgan fingerprint density at radius 3 is 2.33 bits per heavy atom. The summed E-state index contributed by atoms with van der Waals surface area (Å²) in [4.78, 5) is 24.6. The minimum Gasteiger partial charge on any atom is -0.452 e. The first-order chi connectivity index (χ1) is 12.6. The van der Waals surface area contributed by atoms with Gasteiger partial charge in [-0.15, -0.1) is 0 Å². The summed E-state index contributed by atoms with van der Waals surface area (Å²) < 4.78 is 11.1. The molecule has 4 heteroatoms. The third-order valence-corrected chi connectivity index (χ3v) is 4.37. The molecule has 0 aromatic heterocycles. The lowest BCUT2D eigenvalue weighted by atomic mass is 9.97. The number of fused-ring (bicyclic) bond motifs is 1. The minimum absolute atomic E-state index is 0.174. The fourth-order valence-electron chi connectivity index (χ4n) is 2.62. The van der Waals surface area contributed by atoms with Crippen molar-refractivity contribution in [3.8, 4) is 11.5 Å². The van der Waals surface area contributed by atoms with Crippen LogP contribution in [0, 0.1) is 5.41 Å². The Kier molecular flexibility index (Phi) is 4.92. The van der Waals surface area contributed by atoms with Gasteiger partial charge in [0.15, 0.2) is 5.76 Å². The highest BCUT2D eigenvalue weighted by Crippen LogP contribution is 2.35. The maximum Gasteiger partial charge on any atom is 0.316 e. The largest absolute Gasteiger partial charge is 0.452 e. The van der Waals surface area contributed by atoms with Gasteiger partial charge in [-0.25, -0.2) is 0 Å². The lowest BCUT2D eigenvalue weighted by Crippen LogP contribution is -2.25. The maximum absolute atomic E-state index is 12.6. The lowest BCUT2D eigenvalue weighted by molar-refractivity contribution is -0.143. The van der Waals surface area contributed by atoms with E-state index in [0.717, 1.165) is 5.56 Å². The van der Waals surface area contributed by atoms with Crippen molar-refractivity contribution in [3.63, 3.8) is 0 Å². The number of esters is 1. The van der Waals surface area contributed by atoms with Crippen LogP contribution in [-0.2, 0) is 4.79 Å². The number of benzene rings is 2. The number of Topliss-reactive ketones (excluding diaryl/α,β-unsaturated/α-hetero) is 1. The molecule has 2 aromatic rings. The molecule has 0 bridgehead atoms. The van der Waals surface area contributed by atoms with Gasteiger partial charge in [-0.2, -0.15) is 0 Å². The highest BCUT2D eigenvalue weighted by molar-refractivity contribution is 6.14. The quantitative estimate of drug-likeness (QED) is 0.417. The first-order valence-corrected chi connectivity index (χ1v) is 9.05. The first-order valence-electron chi connectivity index (χ1n) is 9.05. The Bertz CT molecular complexity index is 912. The van der Waals surface area contributed by atoms with Gasteiger partial charge in [0.1, 0.15) is 11.5 Å². The van der Waals surface area contributed by atoms with Crippen LogP contribution in [0.15, 0.2) is 48.2 Å². The van der Waals surface area contributed by atoms with E-state index >= 15 is 0 Å². The third-order valence-electron chi connectivity index (χ3n) is 4.37. The smallest absolute Gasteiger partial charge is 0.316 e. The normalized spacial score (nSPS) is 15.0. The zero-order valence-corrected chi connectivity index (χ0v) is 16.3. The summed E-state index contributed by atoms with van der Waals surface area (Å²) >= 11 is 0. The summed E-state index contributed by atoms with van der Waals surface area (Å²) in [6.07, 6.45) is 1.73. The van der Waals surface area contributed by atoms with Crippen LogP contribution in [0.5, 0.6) is 11.5 Å². The molecular weight excluding hydrogens is 340 g/mol. The molecule has 0 radical (unpaired) electrons. The van der Waals surface area contributed by atoms with E-state index in [1.54, 1.807) is 45.0 Å². The topological polar surface area (TPSA) is 52.6 Å². The van der Waals surface area contributed by atoms with E-state index in [-0.39, 0.29) is 17.5 Å². The van der Waals surface area contributed by atoms with Crippen molar-refractivity contribution in [2.24, 2.45) is 5.41 Å². The summed E-state index contributed by atoms with van der Waals surface area (Å²) in [5, 5.41) is 0. The third kappa shape index (κ3) is 4.11. The molecule has 27 heavy (non-hydrogen) atoms. The van der Waals surface area contributed by atoms with Gasteiger partial charge in [0, 0.05) is 6.07 Å². The summed E-state index contributed by atoms with van der Waals surface area (Å²) in [7, 11) is 0. The number of allylic oxidation sites excluding steroid dienone is 1. The Morgan fingerprint density at radius 1 is 1.07 bits per heavy atom. The number of hydrogen-bond donors (Lipinski definition) is 0. The molecule has 0 N–H and O–H groups in total. The molecule has 0 atom stereocenters. The Morgan fingerprint density at radius 2 is 1.74 bits per heavy atom. The van der Waals surface area contributed by atoms with Crippen molar-refractivity contribution in [3.05, 3.63) is 64.9 Å². The second-order valence-corrected chi connectivity index (χ2v) is 8.06. The number of hydrogen-bond acceptors (Lipinski definition) is 4. The molecule has 1 aliphatic rings. The van der Waals surface area contributed by atoms with Crippen molar-refractivity contribution in [2.75, 3.05) is 0 Å². The summed E-state index contributed by atoms with van der Waals surface area (Å²) in [5.74, 6) is 0.976. The standard InChI is InChI=1S/C23H24O4/c1-14(2)16-8-6-15(7-9-16)12-20-21(24)18-11-10-17(13-19(18)27-20)26-22(25)23(3,4)5/h6-14H,1-5H3/b20-12-. The molecule has 0 unspecified atom stereocenters. The predicted octanol–water partition coefficient (Wildman–Crippen LogP) is 5.38. The van der Waals surface area contributed by atoms with Gasteiger partial charge in [-0.1, -0.05) is 38.1 Å². The van der Waals surface area contributed by atoms with Crippen molar-refractivity contribution in [2.45, 2.75) is 40.5 Å². The van der Waals surface area contributed by atoms with E-state index in [1.807, 2.05) is 24.3 Å². The molecular formula is C23H24O4. The van der Waals surface area contributed by atoms with Crippen LogP contribution in [0.25, 0.3) is 6.08 Å². The second kappa shape index (κ2) is 7.03. The molecule has 1 aliphatic heterocycles. The molecule has 2 aromatic carbocycles. The number of ether oxygens (including phenoxy) is 2. The molecule has 4 nitrogen and oxygen atoms in total. The van der Waals surface area contributed by atoms with E-state index in [2.05, 4.69) is 13.8 Å². The van der Waals surface area contributed by atoms with Gasteiger partial charge >= 0.3 is 5.97 Å². The van der Waals surface area contributed by atoms with Gasteiger partial charge in [0.2, 0.25) is 5.78 Å². The lowest BCUT2D eigenvalue weighted by Gasteiger charge is -2.16. The number of carbonyl (C=O) groups excluding carboxylic acids is 2. The zero-order valence-electron chi connectivity index (χ0n) is 16.3. The molecule has 0 aliphatic carbocycles.